The number of unbranched alkanes of at least 4 members (excludes halogenated alkanes) is 8. The molecule has 0 rings (SSSR count). The second-order valence-corrected chi connectivity index (χ2v) is 14.1. The van der Waals surface area contributed by atoms with Gasteiger partial charge in [-0.2, -0.15) is 0 Å². The highest BCUT2D eigenvalue weighted by atomic mass is 16.6. The molecule has 8 nitrogen and oxygen atoms in total. The van der Waals surface area contributed by atoms with Crippen molar-refractivity contribution in [1.29, 1.82) is 0 Å². The molecule has 0 bridgehead atoms. The summed E-state index contributed by atoms with van der Waals surface area (Å²) in [6.45, 7) is 4.44. The number of rotatable bonds is 34. The van der Waals surface area contributed by atoms with Gasteiger partial charge in [0.25, 0.3) is 0 Å². The largest absolute Gasteiger partial charge is 0.477 e. The Balaban J connectivity index is 4.37. The van der Waals surface area contributed by atoms with Crippen LogP contribution in [-0.4, -0.2) is 80.6 Å². The molecule has 2 atom stereocenters. The number of quaternary nitrogens is 1. The van der Waals surface area contributed by atoms with E-state index in [-0.39, 0.29) is 42.7 Å². The van der Waals surface area contributed by atoms with Crippen LogP contribution >= 0.6 is 0 Å². The van der Waals surface area contributed by atoms with Crippen molar-refractivity contribution in [3.63, 3.8) is 0 Å². The van der Waals surface area contributed by atoms with Crippen molar-refractivity contribution in [2.24, 2.45) is 0 Å². The lowest BCUT2D eigenvalue weighted by Crippen LogP contribution is -2.50. The van der Waals surface area contributed by atoms with Crippen molar-refractivity contribution in [2.45, 2.75) is 148 Å². The number of likely N-dealkylation sites (N-methyl/N-ethyl adjacent to an activating group) is 1. The van der Waals surface area contributed by atoms with E-state index in [4.69, 9.17) is 14.2 Å². The van der Waals surface area contributed by atoms with Gasteiger partial charge >= 0.3 is 17.9 Å². The smallest absolute Gasteiger partial charge is 0.362 e. The zero-order valence-electron chi connectivity index (χ0n) is 33.5. The van der Waals surface area contributed by atoms with Gasteiger partial charge in [0, 0.05) is 19.3 Å². The zero-order chi connectivity index (χ0) is 38.5. The number of carboxylic acid groups (broad SMARTS) is 1. The van der Waals surface area contributed by atoms with E-state index in [9.17, 15) is 19.5 Å². The minimum Gasteiger partial charge on any atom is -0.477 e. The first-order chi connectivity index (χ1) is 25.1. The topological polar surface area (TPSA) is 99.1 Å². The number of hydrogen-bond donors (Lipinski definition) is 1. The number of allylic oxidation sites excluding steroid dienone is 12. The number of hydrogen-bond acceptors (Lipinski definition) is 6. The Hall–Kier alpha value is -3.23. The van der Waals surface area contributed by atoms with Crippen LogP contribution in [0.2, 0.25) is 0 Å². The highest BCUT2D eigenvalue weighted by Gasteiger charge is 2.31. The molecule has 52 heavy (non-hydrogen) atoms. The maximum absolute atomic E-state index is 12.6. The molecule has 2 unspecified atom stereocenters. The summed E-state index contributed by atoms with van der Waals surface area (Å²) in [6.07, 6.45) is 42.7. The van der Waals surface area contributed by atoms with Crippen LogP contribution < -0.4 is 0 Å². The van der Waals surface area contributed by atoms with Gasteiger partial charge in [0.15, 0.2) is 12.1 Å². The van der Waals surface area contributed by atoms with Crippen LogP contribution in [0.15, 0.2) is 72.9 Å². The molecule has 0 aromatic carbocycles. The Morgan fingerprint density at radius 2 is 1.12 bits per heavy atom. The maximum atomic E-state index is 12.6. The summed E-state index contributed by atoms with van der Waals surface area (Å²) < 4.78 is 17.1. The Kier molecular flexibility index (Phi) is 32.7. The van der Waals surface area contributed by atoms with Crippen molar-refractivity contribution in [3.8, 4) is 0 Å². The Morgan fingerprint density at radius 1 is 0.596 bits per heavy atom. The summed E-state index contributed by atoms with van der Waals surface area (Å²) in [7, 11) is 5.48. The molecule has 0 aliphatic rings. The monoisotopic (exact) mass is 729 g/mol. The lowest BCUT2D eigenvalue weighted by molar-refractivity contribution is -0.887. The zero-order valence-corrected chi connectivity index (χ0v) is 33.5. The van der Waals surface area contributed by atoms with Crippen LogP contribution in [-0.2, 0) is 28.6 Å². The normalized spacial score (nSPS) is 13.8. The van der Waals surface area contributed by atoms with Crippen LogP contribution in [0.3, 0.4) is 0 Å². The molecule has 0 spiro atoms. The summed E-state index contributed by atoms with van der Waals surface area (Å²) >= 11 is 0. The van der Waals surface area contributed by atoms with E-state index in [0.717, 1.165) is 70.6 Å². The minimum atomic E-state index is -0.890. The van der Waals surface area contributed by atoms with Crippen molar-refractivity contribution < 1.29 is 38.2 Å². The molecule has 0 aliphatic heterocycles. The Morgan fingerprint density at radius 3 is 1.67 bits per heavy atom. The first kappa shape index (κ1) is 48.8. The molecule has 0 fully saturated rings. The molecule has 296 valence electrons. The Labute approximate surface area is 317 Å². The molecular formula is C44H74NO7+. The number of carboxylic acids is 1. The van der Waals surface area contributed by atoms with Crippen LogP contribution in [0.25, 0.3) is 0 Å². The molecule has 0 radical (unpaired) electrons. The maximum Gasteiger partial charge on any atom is 0.362 e. The van der Waals surface area contributed by atoms with E-state index < -0.39 is 18.1 Å². The number of esters is 2. The highest BCUT2D eigenvalue weighted by molar-refractivity contribution is 5.72. The van der Waals surface area contributed by atoms with Gasteiger partial charge in [-0.15, -0.1) is 0 Å². The van der Waals surface area contributed by atoms with Crippen molar-refractivity contribution in [1.82, 2.24) is 0 Å². The van der Waals surface area contributed by atoms with Crippen LogP contribution in [0.4, 0.5) is 0 Å². The molecule has 0 aliphatic carbocycles. The molecule has 0 heterocycles. The van der Waals surface area contributed by atoms with Crippen LogP contribution in [0, 0.1) is 0 Å². The number of aliphatic carboxylic acids is 1. The Bertz CT molecular complexity index is 1080. The fraction of sp³-hybridized carbons (Fsp3) is 0.659. The minimum absolute atomic E-state index is 0.0314. The standard InChI is InChI=1S/C44H73NO7/c1-6-8-10-12-14-15-16-17-18-19-20-21-22-23-24-25-26-27-29-31-33-35-43(47)52-40(38-50-37-36-41(44(48)49)45(3,4)5)39-51-42(46)34-32-30-28-13-11-9-7-2/h9,11,14-15,17-18,20-21,23-24,28,30,40-41H,6-8,10,12-13,16,19,22,25-27,29,31-39H2,1-5H3/p+1/b11-9+,15-14+,18-17+,21-20+,24-23+,30-28+. The molecule has 1 N–H and O–H groups in total. The van der Waals surface area contributed by atoms with Gasteiger partial charge in [-0.3, -0.25) is 9.59 Å². The molecule has 0 saturated heterocycles. The molecule has 0 aromatic rings. The fourth-order valence-electron chi connectivity index (χ4n) is 5.25. The van der Waals surface area contributed by atoms with Crippen LogP contribution in [0.5, 0.6) is 0 Å². The van der Waals surface area contributed by atoms with Gasteiger partial charge < -0.3 is 23.8 Å². The molecule has 8 heteroatoms. The summed E-state index contributed by atoms with van der Waals surface area (Å²) in [4.78, 5) is 36.6. The average molecular weight is 729 g/mol. The first-order valence-corrected chi connectivity index (χ1v) is 20.0. The van der Waals surface area contributed by atoms with Gasteiger partial charge in [0.1, 0.15) is 6.61 Å². The second-order valence-electron chi connectivity index (χ2n) is 14.1. The van der Waals surface area contributed by atoms with Gasteiger partial charge in [-0.25, -0.2) is 4.79 Å². The average Bonchev–Trinajstić information content (AvgIpc) is 3.09. The van der Waals surface area contributed by atoms with E-state index in [0.29, 0.717) is 19.3 Å². The van der Waals surface area contributed by atoms with E-state index >= 15 is 0 Å². The number of carbonyl (C=O) groups excluding carboxylic acids is 2. The summed E-state index contributed by atoms with van der Waals surface area (Å²) in [6, 6.07) is -0.627. The SMILES string of the molecule is CC/C=C/C/C=C/CCC(=O)OCC(COCCC(C(=O)O)[N+](C)(C)C)OC(=O)CCCCCCC/C=C/C/C=C/C/C=C/C/C=C/CCCCC. The molecular weight excluding hydrogens is 654 g/mol. The van der Waals surface area contributed by atoms with Crippen molar-refractivity contribution in [3.05, 3.63) is 72.9 Å². The number of carbonyl (C=O) groups is 3. The molecule has 0 aromatic heterocycles. The van der Waals surface area contributed by atoms with Gasteiger partial charge in [0.2, 0.25) is 0 Å². The third kappa shape index (κ3) is 32.7. The van der Waals surface area contributed by atoms with Crippen molar-refractivity contribution >= 4 is 17.9 Å². The van der Waals surface area contributed by atoms with E-state index in [1.165, 1.54) is 25.7 Å². The molecule has 0 amide bonds. The summed E-state index contributed by atoms with van der Waals surface area (Å²) in [5.74, 6) is -1.60. The third-order valence-corrected chi connectivity index (χ3v) is 8.35. The summed E-state index contributed by atoms with van der Waals surface area (Å²) in [5.41, 5.74) is 0. The number of nitrogens with zero attached hydrogens (tertiary/aromatic N) is 1. The first-order valence-electron chi connectivity index (χ1n) is 20.0. The fourth-order valence-corrected chi connectivity index (χ4v) is 5.25. The lowest BCUT2D eigenvalue weighted by Gasteiger charge is -2.31. The van der Waals surface area contributed by atoms with Crippen molar-refractivity contribution in [2.75, 3.05) is 41.0 Å². The van der Waals surface area contributed by atoms with E-state index in [2.05, 4.69) is 74.6 Å². The summed E-state index contributed by atoms with van der Waals surface area (Å²) in [5, 5.41) is 9.57. The highest BCUT2D eigenvalue weighted by Crippen LogP contribution is 2.12. The second kappa shape index (κ2) is 34.8. The molecule has 0 saturated carbocycles. The van der Waals surface area contributed by atoms with Crippen LogP contribution in [0.1, 0.15) is 136 Å². The quantitative estimate of drug-likeness (QED) is 0.0305. The van der Waals surface area contributed by atoms with Gasteiger partial charge in [0.05, 0.1) is 34.4 Å². The van der Waals surface area contributed by atoms with Gasteiger partial charge in [-0.05, 0) is 70.6 Å². The predicted molar refractivity (Wildman–Crippen MR) is 215 cm³/mol. The van der Waals surface area contributed by atoms with Gasteiger partial charge in [-0.1, -0.05) is 119 Å². The van der Waals surface area contributed by atoms with E-state index in [1.807, 2.05) is 33.3 Å². The number of ether oxygens (including phenoxy) is 3. The third-order valence-electron chi connectivity index (χ3n) is 8.35. The lowest BCUT2D eigenvalue weighted by atomic mass is 10.1. The predicted octanol–water partition coefficient (Wildman–Crippen LogP) is 10.4. The van der Waals surface area contributed by atoms with E-state index in [1.54, 1.807) is 0 Å².